The van der Waals surface area contributed by atoms with Crippen LogP contribution in [0, 0.1) is 0 Å². The Bertz CT molecular complexity index is 696. The minimum absolute atomic E-state index is 0.0272. The highest BCUT2D eigenvalue weighted by Gasteiger charge is 2.29. The summed E-state index contributed by atoms with van der Waals surface area (Å²) in [4.78, 5) is 10.8. The number of para-hydroxylation sites is 1. The lowest BCUT2D eigenvalue weighted by Crippen LogP contribution is -2.32. The zero-order valence-electron chi connectivity index (χ0n) is 11.2. The van der Waals surface area contributed by atoms with Crippen LogP contribution in [-0.4, -0.2) is 39.8 Å². The highest BCUT2D eigenvalue weighted by molar-refractivity contribution is 5.89. The zero-order valence-corrected chi connectivity index (χ0v) is 11.2. The van der Waals surface area contributed by atoms with E-state index < -0.39 is 24.8 Å². The zero-order chi connectivity index (χ0) is 16.5. The summed E-state index contributed by atoms with van der Waals surface area (Å²) in [6, 6.07) is 3.07. The van der Waals surface area contributed by atoms with Crippen molar-refractivity contribution in [1.29, 1.82) is 0 Å². The number of ether oxygens (including phenoxy) is 1. The molecule has 0 bridgehead atoms. The Hall–Kier alpha value is -2.42. The molecule has 0 spiro atoms. The Morgan fingerprint density at radius 1 is 1.41 bits per heavy atom. The van der Waals surface area contributed by atoms with E-state index in [9.17, 15) is 23.2 Å². The van der Waals surface area contributed by atoms with Gasteiger partial charge in [0.25, 0.3) is 0 Å². The number of aliphatic carboxylic acids is 1. The maximum absolute atomic E-state index is 12.2. The first kappa shape index (κ1) is 16.0. The van der Waals surface area contributed by atoms with E-state index in [0.29, 0.717) is 15.7 Å². The number of carboxylic acids is 1. The second kappa shape index (κ2) is 5.76. The van der Waals surface area contributed by atoms with Crippen molar-refractivity contribution < 1.29 is 33.0 Å². The van der Waals surface area contributed by atoms with E-state index in [1.807, 2.05) is 0 Å². The first-order valence-corrected chi connectivity index (χ1v) is 6.19. The average molecular weight is 318 g/mol. The van der Waals surface area contributed by atoms with Crippen molar-refractivity contribution in [3.63, 3.8) is 0 Å². The van der Waals surface area contributed by atoms with Gasteiger partial charge in [-0.1, -0.05) is 12.1 Å². The van der Waals surface area contributed by atoms with Crippen molar-refractivity contribution in [1.82, 2.24) is 4.73 Å². The van der Waals surface area contributed by atoms with Crippen molar-refractivity contribution in [3.8, 4) is 5.75 Å². The topological polar surface area (TPSA) is 97.7 Å². The van der Waals surface area contributed by atoms with E-state index in [4.69, 9.17) is 10.8 Å². The largest absolute Gasteiger partial charge is 0.482 e. The van der Waals surface area contributed by atoms with Gasteiger partial charge in [0.05, 0.1) is 0 Å². The molecule has 0 aliphatic rings. The van der Waals surface area contributed by atoms with Crippen molar-refractivity contribution in [2.75, 3.05) is 6.61 Å². The summed E-state index contributed by atoms with van der Waals surface area (Å²) in [6.45, 7) is -1.50. The van der Waals surface area contributed by atoms with Crippen LogP contribution in [0.2, 0.25) is 0 Å². The molecule has 4 N–H and O–H groups in total. The molecule has 1 aromatic carbocycles. The number of hydrogen-bond acceptors (Lipinski definition) is 4. The molecule has 0 saturated heterocycles. The predicted molar refractivity (Wildman–Crippen MR) is 70.0 cm³/mol. The summed E-state index contributed by atoms with van der Waals surface area (Å²) in [5.74, 6) is -1.38. The van der Waals surface area contributed by atoms with Gasteiger partial charge in [-0.3, -0.25) is 4.79 Å². The molecule has 1 atom stereocenters. The molecule has 0 saturated carbocycles. The predicted octanol–water partition coefficient (Wildman–Crippen LogP) is 1.77. The van der Waals surface area contributed by atoms with Gasteiger partial charge in [-0.2, -0.15) is 17.9 Å². The van der Waals surface area contributed by atoms with E-state index in [0.717, 1.165) is 0 Å². The second-order valence-corrected chi connectivity index (χ2v) is 4.70. The van der Waals surface area contributed by atoms with E-state index in [1.165, 1.54) is 24.4 Å². The highest BCUT2D eigenvalue weighted by Crippen LogP contribution is 2.31. The Labute approximate surface area is 122 Å². The summed E-state index contributed by atoms with van der Waals surface area (Å²) in [5.41, 5.74) is 5.85. The van der Waals surface area contributed by atoms with Crippen molar-refractivity contribution in [2.24, 2.45) is 5.73 Å². The van der Waals surface area contributed by atoms with Gasteiger partial charge < -0.3 is 20.8 Å². The van der Waals surface area contributed by atoms with E-state index in [1.54, 1.807) is 0 Å². The van der Waals surface area contributed by atoms with Crippen LogP contribution in [0.3, 0.4) is 0 Å². The first-order chi connectivity index (χ1) is 10.2. The Morgan fingerprint density at radius 2 is 2.09 bits per heavy atom. The number of halogens is 3. The van der Waals surface area contributed by atoms with Crippen LogP contribution in [0.5, 0.6) is 5.75 Å². The van der Waals surface area contributed by atoms with E-state index in [2.05, 4.69) is 4.74 Å². The van der Waals surface area contributed by atoms with Crippen LogP contribution in [0.25, 0.3) is 10.9 Å². The Kier molecular flexibility index (Phi) is 4.18. The van der Waals surface area contributed by atoms with Gasteiger partial charge in [-0.25, -0.2) is 0 Å². The Balaban J connectivity index is 2.37. The highest BCUT2D eigenvalue weighted by atomic mass is 19.4. The van der Waals surface area contributed by atoms with Crippen molar-refractivity contribution in [2.45, 2.75) is 18.6 Å². The maximum atomic E-state index is 12.2. The van der Waals surface area contributed by atoms with Gasteiger partial charge in [0.15, 0.2) is 6.61 Å². The lowest BCUT2D eigenvalue weighted by molar-refractivity contribution is -0.153. The number of nitrogens with two attached hydrogens (primary N) is 1. The molecule has 2 aromatic rings. The summed E-state index contributed by atoms with van der Waals surface area (Å²) in [6.07, 6.45) is -3.39. The lowest BCUT2D eigenvalue weighted by Gasteiger charge is -2.10. The maximum Gasteiger partial charge on any atom is 0.422 e. The first-order valence-electron chi connectivity index (χ1n) is 6.19. The van der Waals surface area contributed by atoms with Crippen LogP contribution in [0.15, 0.2) is 24.4 Å². The van der Waals surface area contributed by atoms with Gasteiger partial charge in [-0.15, -0.1) is 0 Å². The lowest BCUT2D eigenvalue weighted by atomic mass is 10.1. The Morgan fingerprint density at radius 3 is 2.68 bits per heavy atom. The molecule has 0 aliphatic carbocycles. The van der Waals surface area contributed by atoms with Crippen LogP contribution in [-0.2, 0) is 11.2 Å². The third kappa shape index (κ3) is 3.42. The quantitative estimate of drug-likeness (QED) is 0.730. The molecule has 1 heterocycles. The standard InChI is InChI=1S/C13H13F3N2O4/c14-13(15,16)6-22-10-3-1-2-8-7(4-9(17)12(19)20)5-18(21)11(8)10/h1-3,5,9,21H,4,6,17H2,(H,19,20). The summed E-state index contributed by atoms with van der Waals surface area (Å²) in [7, 11) is 0. The molecule has 120 valence electrons. The molecule has 6 nitrogen and oxygen atoms in total. The normalized spacial score (nSPS) is 13.3. The fourth-order valence-corrected chi connectivity index (χ4v) is 2.06. The SMILES string of the molecule is NC(Cc1cn(O)c2c(OCC(F)(F)F)cccc12)C(=O)O. The van der Waals surface area contributed by atoms with Crippen molar-refractivity contribution >= 4 is 16.9 Å². The molecule has 1 unspecified atom stereocenters. The van der Waals surface area contributed by atoms with Crippen LogP contribution < -0.4 is 10.5 Å². The molecule has 22 heavy (non-hydrogen) atoms. The van der Waals surface area contributed by atoms with Crippen LogP contribution in [0.4, 0.5) is 13.2 Å². The number of hydrogen-bond donors (Lipinski definition) is 3. The third-order valence-corrected chi connectivity index (χ3v) is 3.00. The molecule has 9 heteroatoms. The smallest absolute Gasteiger partial charge is 0.422 e. The number of fused-ring (bicyclic) bond motifs is 1. The molecule has 0 aliphatic heterocycles. The van der Waals surface area contributed by atoms with Gasteiger partial charge in [0, 0.05) is 18.0 Å². The molecule has 1 aromatic heterocycles. The fraction of sp³-hybridized carbons (Fsp3) is 0.308. The van der Waals surface area contributed by atoms with Crippen LogP contribution in [0.1, 0.15) is 5.56 Å². The van der Waals surface area contributed by atoms with Gasteiger partial charge in [0.2, 0.25) is 0 Å². The fourth-order valence-electron chi connectivity index (χ4n) is 2.06. The number of nitrogens with zero attached hydrogens (tertiary/aromatic N) is 1. The summed E-state index contributed by atoms with van der Waals surface area (Å²) in [5, 5.41) is 19.0. The molecule has 0 fully saturated rings. The second-order valence-electron chi connectivity index (χ2n) is 4.70. The monoisotopic (exact) mass is 318 g/mol. The number of rotatable bonds is 5. The number of alkyl halides is 3. The van der Waals surface area contributed by atoms with Gasteiger partial charge >= 0.3 is 12.1 Å². The average Bonchev–Trinajstić information content (AvgIpc) is 2.73. The van der Waals surface area contributed by atoms with E-state index >= 15 is 0 Å². The summed E-state index contributed by atoms with van der Waals surface area (Å²) < 4.78 is 42.0. The van der Waals surface area contributed by atoms with Crippen LogP contribution >= 0.6 is 0 Å². The number of benzene rings is 1. The van der Waals surface area contributed by atoms with Crippen molar-refractivity contribution in [3.05, 3.63) is 30.0 Å². The molecule has 2 rings (SSSR count). The summed E-state index contributed by atoms with van der Waals surface area (Å²) >= 11 is 0. The molecular weight excluding hydrogens is 305 g/mol. The van der Waals surface area contributed by atoms with Gasteiger partial charge in [0.1, 0.15) is 17.3 Å². The number of aromatic nitrogens is 1. The minimum atomic E-state index is -4.51. The number of carboxylic acid groups (broad SMARTS) is 1. The molecule has 0 radical (unpaired) electrons. The third-order valence-electron chi connectivity index (χ3n) is 3.00. The minimum Gasteiger partial charge on any atom is -0.482 e. The molecular formula is C13H13F3N2O4. The number of carbonyl (C=O) groups is 1. The van der Waals surface area contributed by atoms with E-state index in [-0.39, 0.29) is 17.7 Å². The van der Waals surface area contributed by atoms with Gasteiger partial charge in [-0.05, 0) is 11.6 Å². The molecule has 0 amide bonds.